The number of benzene rings is 2. The van der Waals surface area contributed by atoms with Gasteiger partial charge in [-0.05, 0) is 85.7 Å². The topological polar surface area (TPSA) is 44.9 Å². The van der Waals surface area contributed by atoms with Crippen molar-refractivity contribution in [3.63, 3.8) is 0 Å². The van der Waals surface area contributed by atoms with Crippen LogP contribution in [-0.2, 0) is 11.2 Å². The number of halogens is 2. The highest BCUT2D eigenvalue weighted by Gasteiger charge is 2.28. The van der Waals surface area contributed by atoms with Crippen LogP contribution in [0.3, 0.4) is 0 Å². The molecule has 5 heteroatoms. The third kappa shape index (κ3) is 3.87. The Bertz CT molecular complexity index is 974. The van der Waals surface area contributed by atoms with Gasteiger partial charge in [-0.1, -0.05) is 0 Å². The summed E-state index contributed by atoms with van der Waals surface area (Å²) >= 11 is 0. The Kier molecular flexibility index (Phi) is 4.68. The summed E-state index contributed by atoms with van der Waals surface area (Å²) in [7, 11) is 0. The Morgan fingerprint density at radius 1 is 1.15 bits per heavy atom. The molecule has 1 aromatic heterocycles. The number of fused-ring (bicyclic) bond motifs is 1. The van der Waals surface area contributed by atoms with Crippen molar-refractivity contribution in [3.8, 4) is 11.3 Å². The Balaban J connectivity index is 1.62. The van der Waals surface area contributed by atoms with Crippen LogP contribution < -0.4 is 5.32 Å². The Labute approximate surface area is 156 Å². The number of carbonyl (C=O) groups is 1. The fraction of sp³-hybridized carbons (Fsp3) is 0.318. The van der Waals surface area contributed by atoms with Gasteiger partial charge in [-0.25, -0.2) is 8.78 Å². The van der Waals surface area contributed by atoms with Gasteiger partial charge in [-0.3, -0.25) is 4.79 Å². The molecule has 0 radical (unpaired) electrons. The molecular weight excluding hydrogens is 346 g/mol. The summed E-state index contributed by atoms with van der Waals surface area (Å²) < 4.78 is 27.1. The van der Waals surface area contributed by atoms with Crippen LogP contribution >= 0.6 is 0 Å². The fourth-order valence-corrected chi connectivity index (χ4v) is 3.62. The first-order valence-corrected chi connectivity index (χ1v) is 9.36. The van der Waals surface area contributed by atoms with E-state index in [9.17, 15) is 13.6 Å². The van der Waals surface area contributed by atoms with Gasteiger partial charge < -0.3 is 10.3 Å². The molecule has 27 heavy (non-hydrogen) atoms. The smallest absolute Gasteiger partial charge is 0.220 e. The van der Waals surface area contributed by atoms with Crippen LogP contribution in [0.4, 0.5) is 8.78 Å². The second kappa shape index (κ2) is 7.14. The molecule has 1 amide bonds. The highest BCUT2D eigenvalue weighted by atomic mass is 19.1. The van der Waals surface area contributed by atoms with Gasteiger partial charge in [0, 0.05) is 29.1 Å². The SMILES string of the molecule is C[C@@H](NC(=O)CCc1c(-c2ccc(F)cc2)[nH]c2ccc(F)cc12)C1CC1. The molecule has 1 fully saturated rings. The van der Waals surface area contributed by atoms with Gasteiger partial charge in [0.25, 0.3) is 0 Å². The molecule has 3 nitrogen and oxygen atoms in total. The molecule has 0 aliphatic heterocycles. The maximum Gasteiger partial charge on any atom is 0.220 e. The Morgan fingerprint density at radius 2 is 1.85 bits per heavy atom. The highest BCUT2D eigenvalue weighted by molar-refractivity contribution is 5.91. The number of rotatable bonds is 6. The first-order valence-electron chi connectivity index (χ1n) is 9.36. The summed E-state index contributed by atoms with van der Waals surface area (Å²) in [6.45, 7) is 2.04. The number of carbonyl (C=O) groups excluding carboxylic acids is 1. The molecule has 0 spiro atoms. The predicted octanol–water partition coefficient (Wildman–Crippen LogP) is 4.96. The summed E-state index contributed by atoms with van der Waals surface area (Å²) in [5.41, 5.74) is 3.30. The molecule has 0 unspecified atom stereocenters. The number of nitrogens with one attached hydrogen (secondary N) is 2. The molecule has 0 saturated heterocycles. The highest BCUT2D eigenvalue weighted by Crippen LogP contribution is 2.33. The van der Waals surface area contributed by atoms with E-state index in [1.165, 1.54) is 37.1 Å². The van der Waals surface area contributed by atoms with Gasteiger partial charge in [0.05, 0.1) is 0 Å². The van der Waals surface area contributed by atoms with Crippen molar-refractivity contribution in [2.24, 2.45) is 5.92 Å². The van der Waals surface area contributed by atoms with Crippen LogP contribution in [-0.4, -0.2) is 16.9 Å². The first-order chi connectivity index (χ1) is 13.0. The van der Waals surface area contributed by atoms with E-state index in [0.717, 1.165) is 27.7 Å². The van der Waals surface area contributed by atoms with Crippen LogP contribution in [0.5, 0.6) is 0 Å². The number of hydrogen-bond acceptors (Lipinski definition) is 1. The lowest BCUT2D eigenvalue weighted by atomic mass is 10.0. The van der Waals surface area contributed by atoms with Crippen molar-refractivity contribution in [1.82, 2.24) is 10.3 Å². The standard InChI is InChI=1S/C22H22F2N2O/c1-13(14-2-3-14)25-21(27)11-9-18-19-12-17(24)8-10-20(19)26-22(18)15-4-6-16(23)7-5-15/h4-8,10,12-14,26H,2-3,9,11H2,1H3,(H,25,27)/t13-/m1/s1. The minimum absolute atomic E-state index is 0.00482. The van der Waals surface area contributed by atoms with Gasteiger partial charge in [-0.15, -0.1) is 0 Å². The third-order valence-corrected chi connectivity index (χ3v) is 5.32. The minimum atomic E-state index is -0.319. The molecule has 4 rings (SSSR count). The van der Waals surface area contributed by atoms with E-state index in [4.69, 9.17) is 0 Å². The van der Waals surface area contributed by atoms with Gasteiger partial charge in [0.2, 0.25) is 5.91 Å². The second-order valence-corrected chi connectivity index (χ2v) is 7.37. The molecule has 140 valence electrons. The van der Waals surface area contributed by atoms with Crippen LogP contribution in [0.1, 0.15) is 31.7 Å². The predicted molar refractivity (Wildman–Crippen MR) is 102 cm³/mol. The van der Waals surface area contributed by atoms with E-state index in [1.54, 1.807) is 18.2 Å². The van der Waals surface area contributed by atoms with E-state index in [2.05, 4.69) is 10.3 Å². The first kappa shape index (κ1) is 17.7. The maximum atomic E-state index is 13.8. The van der Waals surface area contributed by atoms with E-state index >= 15 is 0 Å². The van der Waals surface area contributed by atoms with Gasteiger partial charge in [0.1, 0.15) is 11.6 Å². The summed E-state index contributed by atoms with van der Waals surface area (Å²) in [5.74, 6) is -0.0211. The zero-order valence-corrected chi connectivity index (χ0v) is 15.2. The fourth-order valence-electron chi connectivity index (χ4n) is 3.62. The van der Waals surface area contributed by atoms with Gasteiger partial charge in [-0.2, -0.15) is 0 Å². The lowest BCUT2D eigenvalue weighted by Crippen LogP contribution is -2.34. The molecule has 2 aromatic carbocycles. The Morgan fingerprint density at radius 3 is 2.56 bits per heavy atom. The lowest BCUT2D eigenvalue weighted by Gasteiger charge is -2.13. The maximum absolute atomic E-state index is 13.8. The van der Waals surface area contributed by atoms with E-state index in [1.807, 2.05) is 6.92 Å². The molecule has 0 bridgehead atoms. The number of H-pyrrole nitrogens is 1. The largest absolute Gasteiger partial charge is 0.354 e. The average Bonchev–Trinajstić information content (AvgIpc) is 3.43. The summed E-state index contributed by atoms with van der Waals surface area (Å²) in [6, 6.07) is 11.0. The van der Waals surface area contributed by atoms with E-state index in [0.29, 0.717) is 18.8 Å². The van der Waals surface area contributed by atoms with E-state index in [-0.39, 0.29) is 23.6 Å². The van der Waals surface area contributed by atoms with Crippen molar-refractivity contribution < 1.29 is 13.6 Å². The Hall–Kier alpha value is -2.69. The molecule has 2 N–H and O–H groups in total. The second-order valence-electron chi connectivity index (χ2n) is 7.37. The molecule has 3 aromatic rings. The molecule has 1 aliphatic carbocycles. The number of aryl methyl sites for hydroxylation is 1. The van der Waals surface area contributed by atoms with Crippen LogP contribution in [0.15, 0.2) is 42.5 Å². The van der Waals surface area contributed by atoms with Crippen molar-refractivity contribution in [2.75, 3.05) is 0 Å². The summed E-state index contributed by atoms with van der Waals surface area (Å²) in [5, 5.41) is 3.82. The summed E-state index contributed by atoms with van der Waals surface area (Å²) in [4.78, 5) is 15.6. The number of aromatic amines is 1. The number of amides is 1. The van der Waals surface area contributed by atoms with Crippen LogP contribution in [0.2, 0.25) is 0 Å². The normalized spacial score (nSPS) is 15.1. The number of hydrogen-bond donors (Lipinski definition) is 2. The number of aromatic nitrogens is 1. The van der Waals surface area contributed by atoms with Crippen LogP contribution in [0.25, 0.3) is 22.2 Å². The third-order valence-electron chi connectivity index (χ3n) is 5.32. The average molecular weight is 368 g/mol. The minimum Gasteiger partial charge on any atom is -0.354 e. The van der Waals surface area contributed by atoms with Gasteiger partial charge in [0.15, 0.2) is 0 Å². The molecular formula is C22H22F2N2O. The lowest BCUT2D eigenvalue weighted by molar-refractivity contribution is -0.121. The van der Waals surface area contributed by atoms with E-state index < -0.39 is 0 Å². The van der Waals surface area contributed by atoms with Gasteiger partial charge >= 0.3 is 0 Å². The summed E-state index contributed by atoms with van der Waals surface area (Å²) in [6.07, 6.45) is 3.17. The molecule has 1 saturated carbocycles. The monoisotopic (exact) mass is 368 g/mol. The van der Waals surface area contributed by atoms with Crippen molar-refractivity contribution in [1.29, 1.82) is 0 Å². The van der Waals surface area contributed by atoms with Crippen LogP contribution in [0, 0.1) is 17.6 Å². The molecule has 1 aliphatic rings. The molecule has 1 heterocycles. The van der Waals surface area contributed by atoms with Crippen molar-refractivity contribution in [3.05, 3.63) is 59.7 Å². The molecule has 1 atom stereocenters. The zero-order valence-electron chi connectivity index (χ0n) is 15.2. The zero-order chi connectivity index (χ0) is 19.0. The van der Waals surface area contributed by atoms with Crippen molar-refractivity contribution >= 4 is 16.8 Å². The van der Waals surface area contributed by atoms with Crippen molar-refractivity contribution in [2.45, 2.75) is 38.6 Å². The quantitative estimate of drug-likeness (QED) is 0.635.